The van der Waals surface area contributed by atoms with Crippen LogP contribution in [0.5, 0.6) is 5.75 Å². The summed E-state index contributed by atoms with van der Waals surface area (Å²) in [6.45, 7) is 0. The lowest BCUT2D eigenvalue weighted by Crippen LogP contribution is -2.14. The number of anilines is 2. The van der Waals surface area contributed by atoms with Gasteiger partial charge < -0.3 is 10.5 Å². The van der Waals surface area contributed by atoms with Crippen molar-refractivity contribution in [3.8, 4) is 5.75 Å². The molecular weight excluding hydrogens is 274 g/mol. The number of nitrogens with one attached hydrogen (secondary N) is 1. The minimum Gasteiger partial charge on any atom is -0.497 e. The molecule has 0 unspecified atom stereocenters. The van der Waals surface area contributed by atoms with E-state index in [1.54, 1.807) is 36.6 Å². The van der Waals surface area contributed by atoms with E-state index in [2.05, 4.69) is 10.3 Å². The van der Waals surface area contributed by atoms with Crippen LogP contribution in [0.3, 0.4) is 0 Å². The molecule has 20 heavy (non-hydrogen) atoms. The van der Waals surface area contributed by atoms with Gasteiger partial charge in [0.25, 0.3) is 5.91 Å². The molecule has 0 atom stereocenters. The Labute approximate surface area is 120 Å². The second-order valence-electron chi connectivity index (χ2n) is 4.65. The number of amides is 1. The summed E-state index contributed by atoms with van der Waals surface area (Å²) in [6, 6.07) is 5.01. The third kappa shape index (κ3) is 2.34. The quantitative estimate of drug-likeness (QED) is 0.851. The van der Waals surface area contributed by atoms with Gasteiger partial charge in [-0.05, 0) is 31.4 Å². The van der Waals surface area contributed by atoms with Crippen LogP contribution in [0.1, 0.15) is 27.3 Å². The lowest BCUT2D eigenvalue weighted by atomic mass is 10.1. The number of hydrogen-bond donors (Lipinski definition) is 2. The number of aromatic nitrogens is 1. The Morgan fingerprint density at radius 3 is 3.00 bits per heavy atom. The predicted octanol–water partition coefficient (Wildman–Crippen LogP) is 2.47. The molecule has 2 aromatic rings. The van der Waals surface area contributed by atoms with E-state index in [9.17, 15) is 4.79 Å². The normalized spacial score (nSPS) is 13.1. The fraction of sp³-hybridized carbons (Fsp3) is 0.286. The van der Waals surface area contributed by atoms with Gasteiger partial charge in [0.2, 0.25) is 0 Å². The Morgan fingerprint density at radius 2 is 2.30 bits per heavy atom. The van der Waals surface area contributed by atoms with Gasteiger partial charge in [-0.15, -0.1) is 11.3 Å². The van der Waals surface area contributed by atoms with E-state index in [4.69, 9.17) is 10.5 Å². The SMILES string of the molecule is COc1ccc(C(=O)Nc2nc3c(s2)CCC3)c(N)c1. The molecule has 104 valence electrons. The Kier molecular flexibility index (Phi) is 3.31. The van der Waals surface area contributed by atoms with E-state index in [-0.39, 0.29) is 5.91 Å². The molecule has 0 radical (unpaired) electrons. The van der Waals surface area contributed by atoms with Crippen molar-refractivity contribution in [3.05, 3.63) is 34.3 Å². The molecule has 1 aromatic heterocycles. The molecule has 1 aliphatic carbocycles. The average molecular weight is 289 g/mol. The predicted molar refractivity (Wildman–Crippen MR) is 79.5 cm³/mol. The van der Waals surface area contributed by atoms with Crippen molar-refractivity contribution in [1.82, 2.24) is 4.98 Å². The first kappa shape index (κ1) is 12.9. The van der Waals surface area contributed by atoms with E-state index in [0.29, 0.717) is 22.1 Å². The van der Waals surface area contributed by atoms with Gasteiger partial charge in [0.15, 0.2) is 5.13 Å². The third-order valence-electron chi connectivity index (χ3n) is 3.32. The summed E-state index contributed by atoms with van der Waals surface area (Å²) in [5.41, 5.74) is 7.81. The van der Waals surface area contributed by atoms with Crippen LogP contribution in [-0.2, 0) is 12.8 Å². The fourth-order valence-electron chi connectivity index (χ4n) is 2.28. The van der Waals surface area contributed by atoms with Gasteiger partial charge in [0.1, 0.15) is 5.75 Å². The van der Waals surface area contributed by atoms with Crippen LogP contribution in [0.2, 0.25) is 0 Å². The van der Waals surface area contributed by atoms with E-state index >= 15 is 0 Å². The smallest absolute Gasteiger partial charge is 0.259 e. The molecule has 0 fully saturated rings. The van der Waals surface area contributed by atoms with Gasteiger partial charge in [-0.3, -0.25) is 10.1 Å². The number of rotatable bonds is 3. The Balaban J connectivity index is 1.78. The van der Waals surface area contributed by atoms with Crippen LogP contribution < -0.4 is 15.8 Å². The maximum atomic E-state index is 12.2. The number of aryl methyl sites for hydroxylation is 2. The Bertz CT molecular complexity index is 645. The summed E-state index contributed by atoms with van der Waals surface area (Å²) >= 11 is 1.55. The average Bonchev–Trinajstić information content (AvgIpc) is 2.99. The van der Waals surface area contributed by atoms with Crippen molar-refractivity contribution in [2.45, 2.75) is 19.3 Å². The number of nitrogen functional groups attached to an aromatic ring is 1. The molecule has 5 nitrogen and oxygen atoms in total. The zero-order valence-corrected chi connectivity index (χ0v) is 11.9. The first-order valence-corrected chi connectivity index (χ1v) is 7.22. The zero-order chi connectivity index (χ0) is 14.1. The summed E-state index contributed by atoms with van der Waals surface area (Å²) in [5, 5.41) is 3.46. The number of hydrogen-bond acceptors (Lipinski definition) is 5. The number of benzene rings is 1. The van der Waals surface area contributed by atoms with Gasteiger partial charge in [-0.1, -0.05) is 0 Å². The largest absolute Gasteiger partial charge is 0.497 e. The minimum absolute atomic E-state index is 0.238. The minimum atomic E-state index is -0.238. The molecule has 0 aliphatic heterocycles. The number of nitrogens with two attached hydrogens (primary N) is 1. The van der Waals surface area contributed by atoms with E-state index in [1.807, 2.05) is 0 Å². The number of carbonyl (C=O) groups excluding carboxylic acids is 1. The second-order valence-corrected chi connectivity index (χ2v) is 5.73. The van der Waals surface area contributed by atoms with Crippen molar-refractivity contribution in [1.29, 1.82) is 0 Å². The molecule has 0 saturated heterocycles. The zero-order valence-electron chi connectivity index (χ0n) is 11.1. The highest BCUT2D eigenvalue weighted by molar-refractivity contribution is 7.16. The summed E-state index contributed by atoms with van der Waals surface area (Å²) in [4.78, 5) is 17.9. The highest BCUT2D eigenvalue weighted by atomic mass is 32.1. The molecule has 6 heteroatoms. The van der Waals surface area contributed by atoms with Crippen molar-refractivity contribution in [2.75, 3.05) is 18.2 Å². The van der Waals surface area contributed by atoms with Crippen LogP contribution in [0, 0.1) is 0 Å². The van der Waals surface area contributed by atoms with Gasteiger partial charge in [0.05, 0.1) is 18.4 Å². The maximum Gasteiger partial charge on any atom is 0.259 e. The van der Waals surface area contributed by atoms with Crippen molar-refractivity contribution >= 4 is 28.1 Å². The van der Waals surface area contributed by atoms with Crippen LogP contribution >= 0.6 is 11.3 Å². The van der Waals surface area contributed by atoms with Gasteiger partial charge >= 0.3 is 0 Å². The molecule has 0 saturated carbocycles. The summed E-state index contributed by atoms with van der Waals surface area (Å²) < 4.78 is 5.07. The standard InChI is InChI=1S/C14H15N3O2S/c1-19-8-5-6-9(10(15)7-8)13(18)17-14-16-11-3-2-4-12(11)20-14/h5-7H,2-4,15H2,1H3,(H,16,17,18). The summed E-state index contributed by atoms with van der Waals surface area (Å²) in [6.07, 6.45) is 3.23. The lowest BCUT2D eigenvalue weighted by Gasteiger charge is -2.07. The third-order valence-corrected chi connectivity index (χ3v) is 4.39. The van der Waals surface area contributed by atoms with E-state index < -0.39 is 0 Å². The number of nitrogens with zero attached hydrogens (tertiary/aromatic N) is 1. The number of carbonyl (C=O) groups is 1. The molecule has 3 rings (SSSR count). The second kappa shape index (κ2) is 5.13. The lowest BCUT2D eigenvalue weighted by molar-refractivity contribution is 0.102. The van der Waals surface area contributed by atoms with Gasteiger partial charge in [0, 0.05) is 16.6 Å². The molecule has 0 bridgehead atoms. The number of ether oxygens (including phenoxy) is 1. The van der Waals surface area contributed by atoms with E-state index in [1.165, 1.54) is 4.88 Å². The fourth-order valence-corrected chi connectivity index (χ4v) is 3.33. The number of thiazole rings is 1. The molecular formula is C14H15N3O2S. The van der Waals surface area contributed by atoms with Gasteiger partial charge in [-0.25, -0.2) is 4.98 Å². The Morgan fingerprint density at radius 1 is 1.45 bits per heavy atom. The first-order chi connectivity index (χ1) is 9.67. The molecule has 1 aliphatic rings. The van der Waals surface area contributed by atoms with Crippen LogP contribution in [-0.4, -0.2) is 18.0 Å². The molecule has 0 spiro atoms. The van der Waals surface area contributed by atoms with Crippen molar-refractivity contribution in [3.63, 3.8) is 0 Å². The highest BCUT2D eigenvalue weighted by Crippen LogP contribution is 2.31. The summed E-state index contributed by atoms with van der Waals surface area (Å²) in [5.74, 6) is 0.393. The Hall–Kier alpha value is -2.08. The van der Waals surface area contributed by atoms with Crippen LogP contribution in [0.25, 0.3) is 0 Å². The maximum absolute atomic E-state index is 12.2. The number of methoxy groups -OCH3 is 1. The molecule has 3 N–H and O–H groups in total. The molecule has 1 aromatic carbocycles. The van der Waals surface area contributed by atoms with Crippen molar-refractivity contribution < 1.29 is 9.53 Å². The molecule has 1 amide bonds. The number of fused-ring (bicyclic) bond motifs is 1. The topological polar surface area (TPSA) is 77.2 Å². The molecule has 1 heterocycles. The van der Waals surface area contributed by atoms with E-state index in [0.717, 1.165) is 25.0 Å². The first-order valence-electron chi connectivity index (χ1n) is 6.41. The van der Waals surface area contributed by atoms with Gasteiger partial charge in [-0.2, -0.15) is 0 Å². The monoisotopic (exact) mass is 289 g/mol. The highest BCUT2D eigenvalue weighted by Gasteiger charge is 2.19. The summed E-state index contributed by atoms with van der Waals surface area (Å²) in [7, 11) is 1.56. The van der Waals surface area contributed by atoms with Crippen molar-refractivity contribution in [2.24, 2.45) is 0 Å². The van der Waals surface area contributed by atoms with Crippen LogP contribution in [0.15, 0.2) is 18.2 Å². The van der Waals surface area contributed by atoms with Crippen LogP contribution in [0.4, 0.5) is 10.8 Å².